The van der Waals surface area contributed by atoms with E-state index < -0.39 is 17.4 Å². The fraction of sp³-hybridized carbons (Fsp3) is 0.375. The van der Waals surface area contributed by atoms with E-state index >= 15 is 0 Å². The number of hydrogen-bond acceptors (Lipinski definition) is 3. The summed E-state index contributed by atoms with van der Waals surface area (Å²) in [6, 6.07) is 17.2. The third kappa shape index (κ3) is 2.43. The number of nitrogens with zero attached hydrogens (tertiary/aromatic N) is 1. The van der Waals surface area contributed by atoms with Gasteiger partial charge in [-0.15, -0.1) is 0 Å². The number of benzene rings is 2. The van der Waals surface area contributed by atoms with Crippen LogP contribution in [0.4, 0.5) is 5.69 Å². The molecule has 154 valence electrons. The van der Waals surface area contributed by atoms with Crippen LogP contribution >= 0.6 is 0 Å². The van der Waals surface area contributed by atoms with Gasteiger partial charge in [0, 0.05) is 18.0 Å². The zero-order valence-electron chi connectivity index (χ0n) is 17.2. The molecule has 3 heterocycles. The van der Waals surface area contributed by atoms with Gasteiger partial charge in [-0.05, 0) is 25.0 Å². The highest BCUT2D eigenvalue weighted by Crippen LogP contribution is 2.49. The van der Waals surface area contributed by atoms with Crippen LogP contribution in [-0.2, 0) is 26.3 Å². The first kappa shape index (κ1) is 19.0. The predicted octanol–water partition coefficient (Wildman–Crippen LogP) is 1.42. The van der Waals surface area contributed by atoms with Crippen LogP contribution in [0.2, 0.25) is 0 Å². The molecule has 2 fully saturated rings. The first-order chi connectivity index (χ1) is 14.5. The van der Waals surface area contributed by atoms with Crippen molar-refractivity contribution in [3.63, 3.8) is 0 Å². The number of likely N-dealkylation sites (tertiary alicyclic amines) is 1. The van der Waals surface area contributed by atoms with E-state index in [2.05, 4.69) is 5.32 Å². The Hall–Kier alpha value is -2.99. The monoisotopic (exact) mass is 404 g/mol. The average molecular weight is 404 g/mol. The summed E-state index contributed by atoms with van der Waals surface area (Å²) < 4.78 is 0. The van der Waals surface area contributed by atoms with Crippen LogP contribution in [0.3, 0.4) is 0 Å². The van der Waals surface area contributed by atoms with Crippen molar-refractivity contribution in [2.24, 2.45) is 11.8 Å². The Bertz CT molecular complexity index is 1040. The van der Waals surface area contributed by atoms with Gasteiger partial charge in [0.05, 0.1) is 5.69 Å². The van der Waals surface area contributed by atoms with Gasteiger partial charge in [-0.25, -0.2) is 0 Å². The third-order valence-corrected chi connectivity index (χ3v) is 7.16. The lowest BCUT2D eigenvalue weighted by Crippen LogP contribution is -2.99. The van der Waals surface area contributed by atoms with Crippen LogP contribution < -0.4 is 10.6 Å². The fourth-order valence-corrected chi connectivity index (χ4v) is 5.63. The zero-order chi connectivity index (χ0) is 21.0. The van der Waals surface area contributed by atoms with Crippen LogP contribution in [0.5, 0.6) is 0 Å². The number of para-hydroxylation sites is 1. The van der Waals surface area contributed by atoms with E-state index in [0.717, 1.165) is 16.8 Å². The number of nitrogens with two attached hydrogens (primary N) is 1. The summed E-state index contributed by atoms with van der Waals surface area (Å²) in [5.74, 6) is -1.73. The molecular weight excluding hydrogens is 378 g/mol. The number of rotatable bonds is 4. The van der Waals surface area contributed by atoms with Crippen molar-refractivity contribution in [1.29, 1.82) is 0 Å². The van der Waals surface area contributed by atoms with E-state index in [1.807, 2.05) is 73.8 Å². The molecular formula is C24H26N3O3+. The highest BCUT2D eigenvalue weighted by atomic mass is 16.2. The normalized spacial score (nSPS) is 30.5. The molecule has 6 heteroatoms. The molecule has 6 nitrogen and oxygen atoms in total. The van der Waals surface area contributed by atoms with Crippen molar-refractivity contribution in [2.45, 2.75) is 44.3 Å². The largest absolute Gasteiger partial charge is 0.326 e. The average Bonchev–Trinajstić information content (AvgIpc) is 3.33. The molecule has 0 saturated carbocycles. The van der Waals surface area contributed by atoms with Gasteiger partial charge in [0.15, 0.2) is 0 Å². The molecule has 3 amide bonds. The number of hydrogen-bond donors (Lipinski definition) is 2. The van der Waals surface area contributed by atoms with E-state index in [1.165, 1.54) is 4.90 Å². The van der Waals surface area contributed by atoms with E-state index in [4.69, 9.17) is 0 Å². The summed E-state index contributed by atoms with van der Waals surface area (Å²) >= 11 is 0. The lowest BCUT2D eigenvalue weighted by molar-refractivity contribution is -0.733. The van der Waals surface area contributed by atoms with Crippen LogP contribution in [-0.4, -0.2) is 34.7 Å². The molecule has 1 spiro atoms. The van der Waals surface area contributed by atoms with E-state index in [1.54, 1.807) is 0 Å². The molecule has 5 atom stereocenters. The highest BCUT2D eigenvalue weighted by molar-refractivity contribution is 6.14. The SMILES string of the molecule is CC[C@@H](C)N1C(=O)[C@@H]2[C@H](Cc3ccccc3)[NH2+][C@@]3(C(=O)Nc4ccccc43)[C@@H]2C1=O. The molecule has 3 N–H and O–H groups in total. The molecule has 3 aliphatic heterocycles. The van der Waals surface area contributed by atoms with Gasteiger partial charge in [-0.2, -0.15) is 0 Å². The molecule has 2 aromatic rings. The maximum atomic E-state index is 13.6. The Morgan fingerprint density at radius 1 is 1.03 bits per heavy atom. The second kappa shape index (κ2) is 6.77. The van der Waals surface area contributed by atoms with E-state index in [9.17, 15) is 14.4 Å². The number of amides is 3. The minimum Gasteiger partial charge on any atom is -0.326 e. The number of anilines is 1. The first-order valence-corrected chi connectivity index (χ1v) is 10.7. The summed E-state index contributed by atoms with van der Waals surface area (Å²) in [5, 5.41) is 4.97. The molecule has 3 aliphatic rings. The number of quaternary nitrogens is 1. The number of nitrogens with one attached hydrogen (secondary N) is 1. The molecule has 0 bridgehead atoms. The van der Waals surface area contributed by atoms with Crippen LogP contribution in [0.1, 0.15) is 31.4 Å². The van der Waals surface area contributed by atoms with Gasteiger partial charge in [0.1, 0.15) is 17.9 Å². The summed E-state index contributed by atoms with van der Waals surface area (Å²) in [6.45, 7) is 3.88. The van der Waals surface area contributed by atoms with Gasteiger partial charge in [-0.1, -0.05) is 55.5 Å². The molecule has 0 radical (unpaired) electrons. The van der Waals surface area contributed by atoms with Crippen LogP contribution in [0.25, 0.3) is 0 Å². The summed E-state index contributed by atoms with van der Waals surface area (Å²) in [6.07, 6.45) is 1.33. The quantitative estimate of drug-likeness (QED) is 0.756. The Morgan fingerprint density at radius 2 is 1.73 bits per heavy atom. The van der Waals surface area contributed by atoms with Crippen molar-refractivity contribution < 1.29 is 19.7 Å². The molecule has 5 rings (SSSR count). The van der Waals surface area contributed by atoms with Crippen molar-refractivity contribution >= 4 is 23.4 Å². The minimum absolute atomic E-state index is 0.134. The molecule has 0 aromatic heterocycles. The number of fused-ring (bicyclic) bond motifs is 4. The van der Waals surface area contributed by atoms with E-state index in [-0.39, 0.29) is 29.8 Å². The number of carbonyl (C=O) groups excluding carboxylic acids is 3. The third-order valence-electron chi connectivity index (χ3n) is 7.16. The fourth-order valence-electron chi connectivity index (χ4n) is 5.63. The van der Waals surface area contributed by atoms with Gasteiger partial charge >= 0.3 is 0 Å². The van der Waals surface area contributed by atoms with Crippen LogP contribution in [0.15, 0.2) is 54.6 Å². The summed E-state index contributed by atoms with van der Waals surface area (Å²) in [4.78, 5) is 41.9. The highest BCUT2D eigenvalue weighted by Gasteiger charge is 2.74. The second-order valence-corrected chi connectivity index (χ2v) is 8.70. The lowest BCUT2D eigenvalue weighted by Gasteiger charge is -2.28. The van der Waals surface area contributed by atoms with Gasteiger partial charge in [0.25, 0.3) is 5.91 Å². The second-order valence-electron chi connectivity index (χ2n) is 8.70. The van der Waals surface area contributed by atoms with Crippen molar-refractivity contribution in [2.75, 3.05) is 5.32 Å². The van der Waals surface area contributed by atoms with E-state index in [0.29, 0.717) is 12.8 Å². The molecule has 2 saturated heterocycles. The van der Waals surface area contributed by atoms with Gasteiger partial charge in [-0.3, -0.25) is 19.3 Å². The number of imide groups is 1. The zero-order valence-corrected chi connectivity index (χ0v) is 17.2. The molecule has 2 aromatic carbocycles. The predicted molar refractivity (Wildman–Crippen MR) is 111 cm³/mol. The van der Waals surface area contributed by atoms with Crippen molar-refractivity contribution in [3.05, 3.63) is 65.7 Å². The molecule has 30 heavy (non-hydrogen) atoms. The van der Waals surface area contributed by atoms with Crippen molar-refractivity contribution in [1.82, 2.24) is 4.90 Å². The Balaban J connectivity index is 1.64. The Kier molecular flexibility index (Phi) is 4.29. The topological polar surface area (TPSA) is 83.1 Å². The maximum absolute atomic E-state index is 13.6. The standard InChI is InChI=1S/C24H25N3O3/c1-3-14(2)27-21(28)19-18(13-15-9-5-4-6-10-15)26-24(20(19)22(27)29)16-11-7-8-12-17(16)25-23(24)30/h4-12,14,18-20,26H,3,13H2,1-2H3,(H,25,30)/p+1/t14-,18+,19-,20+,24-/m1/s1. The summed E-state index contributed by atoms with van der Waals surface area (Å²) in [7, 11) is 0. The lowest BCUT2D eigenvalue weighted by atomic mass is 9.76. The Labute approximate surface area is 175 Å². The molecule has 0 unspecified atom stereocenters. The first-order valence-electron chi connectivity index (χ1n) is 10.7. The Morgan fingerprint density at radius 3 is 2.47 bits per heavy atom. The summed E-state index contributed by atoms with van der Waals surface area (Å²) in [5.41, 5.74) is 1.56. The van der Waals surface area contributed by atoms with Crippen LogP contribution in [0, 0.1) is 11.8 Å². The maximum Gasteiger partial charge on any atom is 0.291 e. The minimum atomic E-state index is -1.09. The van der Waals surface area contributed by atoms with Gasteiger partial charge in [0.2, 0.25) is 17.4 Å². The number of carbonyl (C=O) groups is 3. The van der Waals surface area contributed by atoms with Crippen molar-refractivity contribution in [3.8, 4) is 0 Å². The molecule has 0 aliphatic carbocycles. The van der Waals surface area contributed by atoms with Gasteiger partial charge < -0.3 is 10.6 Å². The smallest absolute Gasteiger partial charge is 0.291 e.